The van der Waals surface area contributed by atoms with Crippen molar-refractivity contribution in [2.45, 2.75) is 33.4 Å². The number of hydrogen-bond donors (Lipinski definition) is 1. The van der Waals surface area contributed by atoms with Crippen LogP contribution in [0, 0.1) is 0 Å². The van der Waals surface area contributed by atoms with E-state index >= 15 is 0 Å². The summed E-state index contributed by atoms with van der Waals surface area (Å²) in [5, 5.41) is 7.89. The van der Waals surface area contributed by atoms with Gasteiger partial charge < -0.3 is 10.1 Å². The molecule has 0 bridgehead atoms. The van der Waals surface area contributed by atoms with Crippen LogP contribution in [0.5, 0.6) is 5.75 Å². The lowest BCUT2D eigenvalue weighted by Gasteiger charge is -2.20. The van der Waals surface area contributed by atoms with Crippen molar-refractivity contribution in [1.29, 1.82) is 0 Å². The first-order valence-corrected chi connectivity index (χ1v) is 7.27. The zero-order valence-corrected chi connectivity index (χ0v) is 12.5. The van der Waals surface area contributed by atoms with Crippen LogP contribution in [0.2, 0.25) is 0 Å². The minimum atomic E-state index is 0.114. The average Bonchev–Trinajstić information content (AvgIpc) is 2.95. The van der Waals surface area contributed by atoms with Crippen LogP contribution in [0.15, 0.2) is 36.7 Å². The highest BCUT2D eigenvalue weighted by Gasteiger charge is 2.18. The topological polar surface area (TPSA) is 39.1 Å². The highest BCUT2D eigenvalue weighted by atomic mass is 16.5. The second-order valence-electron chi connectivity index (χ2n) is 4.59. The Labute approximate surface area is 120 Å². The van der Waals surface area contributed by atoms with Crippen LogP contribution in [0.3, 0.4) is 0 Å². The standard InChI is InChI=1S/C16H23N3O/c1-4-17-16(13-11-18-19(5-2)12-13)14-9-7-8-10-15(14)20-6-3/h7-12,16-17H,4-6H2,1-3H3. The minimum absolute atomic E-state index is 0.114. The summed E-state index contributed by atoms with van der Waals surface area (Å²) in [6.07, 6.45) is 4.02. The number of aryl methyl sites for hydroxylation is 1. The van der Waals surface area contributed by atoms with E-state index in [0.717, 1.165) is 24.4 Å². The van der Waals surface area contributed by atoms with Crippen LogP contribution < -0.4 is 10.1 Å². The van der Waals surface area contributed by atoms with Gasteiger partial charge in [0.05, 0.1) is 18.8 Å². The third-order valence-electron chi connectivity index (χ3n) is 3.25. The Morgan fingerprint density at radius 2 is 2.05 bits per heavy atom. The fraction of sp³-hybridized carbons (Fsp3) is 0.438. The van der Waals surface area contributed by atoms with Crippen LogP contribution >= 0.6 is 0 Å². The van der Waals surface area contributed by atoms with Gasteiger partial charge in [0.25, 0.3) is 0 Å². The molecule has 1 N–H and O–H groups in total. The van der Waals surface area contributed by atoms with Crippen LogP contribution in [0.25, 0.3) is 0 Å². The highest BCUT2D eigenvalue weighted by Crippen LogP contribution is 2.29. The molecule has 1 atom stereocenters. The van der Waals surface area contributed by atoms with Crippen molar-refractivity contribution in [3.63, 3.8) is 0 Å². The van der Waals surface area contributed by atoms with E-state index in [4.69, 9.17) is 4.74 Å². The van der Waals surface area contributed by atoms with E-state index < -0.39 is 0 Å². The molecule has 108 valence electrons. The van der Waals surface area contributed by atoms with Crippen LogP contribution in [-0.2, 0) is 6.54 Å². The molecule has 1 unspecified atom stereocenters. The van der Waals surface area contributed by atoms with Crippen molar-refractivity contribution < 1.29 is 4.74 Å². The molecule has 1 heterocycles. The Morgan fingerprint density at radius 1 is 1.25 bits per heavy atom. The predicted molar refractivity (Wildman–Crippen MR) is 81.0 cm³/mol. The van der Waals surface area contributed by atoms with Crippen LogP contribution in [0.4, 0.5) is 0 Å². The molecule has 0 aliphatic rings. The van der Waals surface area contributed by atoms with E-state index in [9.17, 15) is 0 Å². The van der Waals surface area contributed by atoms with E-state index in [1.165, 1.54) is 5.56 Å². The Morgan fingerprint density at radius 3 is 2.70 bits per heavy atom. The van der Waals surface area contributed by atoms with E-state index in [-0.39, 0.29) is 6.04 Å². The van der Waals surface area contributed by atoms with Crippen LogP contribution in [0.1, 0.15) is 37.9 Å². The Hall–Kier alpha value is -1.81. The van der Waals surface area contributed by atoms with Gasteiger partial charge in [-0.1, -0.05) is 25.1 Å². The van der Waals surface area contributed by atoms with Crippen LogP contribution in [-0.4, -0.2) is 22.9 Å². The van der Waals surface area contributed by atoms with Crippen molar-refractivity contribution in [2.24, 2.45) is 0 Å². The first kappa shape index (κ1) is 14.6. The van der Waals surface area contributed by atoms with Gasteiger partial charge in [0, 0.05) is 23.9 Å². The maximum absolute atomic E-state index is 5.75. The molecule has 0 amide bonds. The van der Waals surface area contributed by atoms with Gasteiger partial charge in [0.15, 0.2) is 0 Å². The van der Waals surface area contributed by atoms with Gasteiger partial charge in [-0.05, 0) is 26.5 Å². The molecule has 0 saturated heterocycles. The van der Waals surface area contributed by atoms with Gasteiger partial charge in [-0.3, -0.25) is 4.68 Å². The van der Waals surface area contributed by atoms with E-state index in [2.05, 4.69) is 36.5 Å². The molecule has 4 nitrogen and oxygen atoms in total. The lowest BCUT2D eigenvalue weighted by atomic mass is 10.0. The lowest BCUT2D eigenvalue weighted by Crippen LogP contribution is -2.22. The summed E-state index contributed by atoms with van der Waals surface area (Å²) >= 11 is 0. The summed E-state index contributed by atoms with van der Waals surface area (Å²) < 4.78 is 7.70. The third kappa shape index (κ3) is 3.20. The summed E-state index contributed by atoms with van der Waals surface area (Å²) in [4.78, 5) is 0. The van der Waals surface area contributed by atoms with Gasteiger partial charge in [-0.15, -0.1) is 0 Å². The molecule has 0 aliphatic carbocycles. The first-order chi connectivity index (χ1) is 9.80. The SMILES string of the molecule is CCNC(c1cnn(CC)c1)c1ccccc1OCC. The Balaban J connectivity index is 2.37. The number of nitrogens with zero attached hydrogens (tertiary/aromatic N) is 2. The fourth-order valence-electron chi connectivity index (χ4n) is 2.32. The largest absolute Gasteiger partial charge is 0.494 e. The van der Waals surface area contributed by atoms with E-state index in [1.54, 1.807) is 0 Å². The number of hydrogen-bond acceptors (Lipinski definition) is 3. The zero-order chi connectivity index (χ0) is 14.4. The third-order valence-corrected chi connectivity index (χ3v) is 3.25. The van der Waals surface area contributed by atoms with E-state index in [0.29, 0.717) is 6.61 Å². The van der Waals surface area contributed by atoms with Crippen molar-refractivity contribution in [3.05, 3.63) is 47.8 Å². The zero-order valence-electron chi connectivity index (χ0n) is 12.5. The highest BCUT2D eigenvalue weighted by molar-refractivity contribution is 5.40. The van der Waals surface area contributed by atoms with Gasteiger partial charge in [-0.2, -0.15) is 5.10 Å². The molecule has 4 heteroatoms. The number of ether oxygens (including phenoxy) is 1. The summed E-state index contributed by atoms with van der Waals surface area (Å²) in [5.41, 5.74) is 2.33. The molecule has 0 fully saturated rings. The predicted octanol–water partition coefficient (Wildman–Crippen LogP) is 3.00. The van der Waals surface area contributed by atoms with Crippen molar-refractivity contribution in [1.82, 2.24) is 15.1 Å². The van der Waals surface area contributed by atoms with E-state index in [1.807, 2.05) is 36.0 Å². The molecular weight excluding hydrogens is 250 g/mol. The van der Waals surface area contributed by atoms with Gasteiger partial charge in [0.2, 0.25) is 0 Å². The van der Waals surface area contributed by atoms with Gasteiger partial charge in [0.1, 0.15) is 5.75 Å². The second kappa shape index (κ2) is 7.10. The van der Waals surface area contributed by atoms with Crippen molar-refractivity contribution in [2.75, 3.05) is 13.2 Å². The molecule has 1 aromatic carbocycles. The summed E-state index contributed by atoms with van der Waals surface area (Å²) in [7, 11) is 0. The quantitative estimate of drug-likeness (QED) is 0.843. The molecule has 0 aliphatic heterocycles. The molecule has 0 radical (unpaired) electrons. The number of nitrogens with one attached hydrogen (secondary N) is 1. The lowest BCUT2D eigenvalue weighted by molar-refractivity contribution is 0.333. The smallest absolute Gasteiger partial charge is 0.124 e. The number of rotatable bonds is 7. The number of para-hydroxylation sites is 1. The molecule has 20 heavy (non-hydrogen) atoms. The van der Waals surface area contributed by atoms with Gasteiger partial charge in [-0.25, -0.2) is 0 Å². The Kier molecular flexibility index (Phi) is 5.18. The first-order valence-electron chi connectivity index (χ1n) is 7.27. The summed E-state index contributed by atoms with van der Waals surface area (Å²) in [6, 6.07) is 8.30. The normalized spacial score (nSPS) is 12.3. The summed E-state index contributed by atoms with van der Waals surface area (Å²) in [6.45, 7) is 8.65. The fourth-order valence-corrected chi connectivity index (χ4v) is 2.32. The second-order valence-corrected chi connectivity index (χ2v) is 4.59. The van der Waals surface area contributed by atoms with Crippen molar-refractivity contribution >= 4 is 0 Å². The maximum atomic E-state index is 5.75. The maximum Gasteiger partial charge on any atom is 0.124 e. The van der Waals surface area contributed by atoms with Gasteiger partial charge >= 0.3 is 0 Å². The Bertz CT molecular complexity index is 536. The molecular formula is C16H23N3O. The average molecular weight is 273 g/mol. The summed E-state index contributed by atoms with van der Waals surface area (Å²) in [5.74, 6) is 0.935. The molecule has 2 rings (SSSR count). The molecule has 0 spiro atoms. The molecule has 0 saturated carbocycles. The number of aromatic nitrogens is 2. The molecule has 2 aromatic rings. The van der Waals surface area contributed by atoms with Crippen molar-refractivity contribution in [3.8, 4) is 5.75 Å². The minimum Gasteiger partial charge on any atom is -0.494 e. The number of benzene rings is 1. The molecule has 1 aromatic heterocycles. The monoisotopic (exact) mass is 273 g/mol.